The van der Waals surface area contributed by atoms with E-state index in [1.807, 2.05) is 55.5 Å². The lowest BCUT2D eigenvalue weighted by molar-refractivity contribution is -0.121. The minimum Gasteiger partial charge on any atom is -0.490 e. The third-order valence-electron chi connectivity index (χ3n) is 12.1. The Kier molecular flexibility index (Phi) is 14.5. The number of amides is 2. The Bertz CT molecular complexity index is 2860. The molecule has 4 heterocycles. The fourth-order valence-corrected chi connectivity index (χ4v) is 8.69. The van der Waals surface area contributed by atoms with Crippen molar-refractivity contribution in [3.8, 4) is 16.9 Å². The number of hydrogen-bond acceptors (Lipinski definition) is 13. The fourth-order valence-electron chi connectivity index (χ4n) is 8.40. The summed E-state index contributed by atoms with van der Waals surface area (Å²) >= 11 is 12.5. The molecule has 2 aromatic heterocycles. The Morgan fingerprint density at radius 1 is 0.618 bits per heavy atom. The summed E-state index contributed by atoms with van der Waals surface area (Å²) in [7, 11) is 0. The van der Waals surface area contributed by atoms with Crippen molar-refractivity contribution in [2.75, 3.05) is 57.2 Å². The van der Waals surface area contributed by atoms with E-state index < -0.39 is 0 Å². The topological polar surface area (TPSA) is 175 Å². The summed E-state index contributed by atoms with van der Waals surface area (Å²) in [5, 5.41) is 13.3. The van der Waals surface area contributed by atoms with Crippen LogP contribution in [0.4, 0.5) is 46.5 Å². The van der Waals surface area contributed by atoms with Gasteiger partial charge in [-0.25, -0.2) is 19.9 Å². The first-order valence-corrected chi connectivity index (χ1v) is 23.4. The molecule has 15 nitrogen and oxygen atoms in total. The van der Waals surface area contributed by atoms with Crippen LogP contribution in [0.3, 0.4) is 0 Å². The molecule has 0 bridgehead atoms. The second-order valence-electron chi connectivity index (χ2n) is 16.7. The van der Waals surface area contributed by atoms with Gasteiger partial charge in [0.25, 0.3) is 0 Å². The van der Waals surface area contributed by atoms with Crippen LogP contribution in [0, 0.1) is 6.92 Å². The van der Waals surface area contributed by atoms with Gasteiger partial charge in [-0.3, -0.25) is 9.59 Å². The molecule has 0 saturated carbocycles. The van der Waals surface area contributed by atoms with Gasteiger partial charge in [0.1, 0.15) is 24.5 Å². The Balaban J connectivity index is 0.737. The van der Waals surface area contributed by atoms with Gasteiger partial charge in [-0.2, -0.15) is 9.97 Å². The monoisotopic (exact) mass is 948 g/mol. The van der Waals surface area contributed by atoms with Gasteiger partial charge in [-0.1, -0.05) is 83.9 Å². The van der Waals surface area contributed by atoms with Crippen molar-refractivity contribution >= 4 is 81.6 Å². The summed E-state index contributed by atoms with van der Waals surface area (Å²) < 4.78 is 6.14. The van der Waals surface area contributed by atoms with Gasteiger partial charge in [0.05, 0.1) is 10.7 Å². The lowest BCUT2D eigenvalue weighted by atomic mass is 9.88. The predicted octanol–water partition coefficient (Wildman–Crippen LogP) is 10.6. The summed E-state index contributed by atoms with van der Waals surface area (Å²) in [5.41, 5.74) is 6.91. The molecular formula is C51H50Cl2N12O3. The van der Waals surface area contributed by atoms with Crippen molar-refractivity contribution in [1.29, 1.82) is 0 Å². The molecule has 346 valence electrons. The van der Waals surface area contributed by atoms with Crippen LogP contribution in [0.2, 0.25) is 10.0 Å². The average molecular weight is 950 g/mol. The minimum absolute atomic E-state index is 0.0530. The van der Waals surface area contributed by atoms with Crippen molar-refractivity contribution in [3.05, 3.63) is 149 Å². The van der Waals surface area contributed by atoms with Gasteiger partial charge < -0.3 is 35.8 Å². The number of benzene rings is 5. The molecule has 2 aliphatic rings. The summed E-state index contributed by atoms with van der Waals surface area (Å²) in [6.45, 7) is 4.99. The maximum Gasteiger partial charge on any atom is 0.232 e. The largest absolute Gasteiger partial charge is 0.490 e. The van der Waals surface area contributed by atoms with Crippen LogP contribution in [0.1, 0.15) is 55.6 Å². The third-order valence-corrected chi connectivity index (χ3v) is 12.7. The van der Waals surface area contributed by atoms with Crippen LogP contribution in [-0.4, -0.2) is 74.0 Å². The number of halogens is 2. The molecule has 5 aromatic carbocycles. The lowest BCUT2D eigenvalue weighted by Crippen LogP contribution is -2.39. The maximum atomic E-state index is 13.2. The number of aromatic nitrogens is 6. The molecule has 2 aliphatic heterocycles. The van der Waals surface area contributed by atoms with E-state index in [0.29, 0.717) is 56.8 Å². The zero-order chi connectivity index (χ0) is 46.8. The van der Waals surface area contributed by atoms with Crippen LogP contribution < -0.4 is 35.8 Å². The number of carbonyl (C=O) groups is 2. The lowest BCUT2D eigenvalue weighted by Gasteiger charge is -2.32. The van der Waals surface area contributed by atoms with Crippen molar-refractivity contribution in [1.82, 2.24) is 29.9 Å². The van der Waals surface area contributed by atoms with E-state index in [-0.39, 0.29) is 30.8 Å². The highest BCUT2D eigenvalue weighted by Crippen LogP contribution is 2.33. The molecule has 68 heavy (non-hydrogen) atoms. The molecule has 2 amide bonds. The first kappa shape index (κ1) is 45.8. The number of nitrogens with one attached hydrogen (secondary N) is 4. The Morgan fingerprint density at radius 3 is 1.91 bits per heavy atom. The maximum absolute atomic E-state index is 13.2. The van der Waals surface area contributed by atoms with Crippen LogP contribution in [0.5, 0.6) is 5.75 Å². The third kappa shape index (κ3) is 11.8. The molecule has 0 radical (unpaired) electrons. The van der Waals surface area contributed by atoms with Gasteiger partial charge in [0.15, 0.2) is 0 Å². The molecule has 0 atom stereocenters. The smallest absolute Gasteiger partial charge is 0.232 e. The summed E-state index contributed by atoms with van der Waals surface area (Å²) in [5.74, 6) is 2.47. The normalized spacial score (nSPS) is 14.3. The first-order chi connectivity index (χ1) is 33.2. The highest BCUT2D eigenvalue weighted by atomic mass is 35.5. The summed E-state index contributed by atoms with van der Waals surface area (Å²) in [6, 6.07) is 37.4. The zero-order valence-electron chi connectivity index (χ0n) is 37.4. The van der Waals surface area contributed by atoms with E-state index in [2.05, 4.69) is 105 Å². The van der Waals surface area contributed by atoms with E-state index in [0.717, 1.165) is 68.9 Å². The zero-order valence-corrected chi connectivity index (χ0v) is 38.9. The number of piperidine rings is 2. The highest BCUT2D eigenvalue weighted by molar-refractivity contribution is 6.33. The molecule has 0 unspecified atom stereocenters. The van der Waals surface area contributed by atoms with E-state index in [1.54, 1.807) is 18.2 Å². The summed E-state index contributed by atoms with van der Waals surface area (Å²) in [6.07, 6.45) is 6.52. The number of nitrogens with zero attached hydrogens (tertiary/aromatic N) is 8. The van der Waals surface area contributed by atoms with E-state index >= 15 is 0 Å². The molecule has 17 heteroatoms. The van der Waals surface area contributed by atoms with Crippen LogP contribution in [0.15, 0.2) is 128 Å². The Hall–Kier alpha value is -7.36. The SMILES string of the molecule is Cc1c(NC(=O)CCC(=O)Nc2cc(Nc3ncnc(N4CCC(Oc5ccc(Cl)cc5)CC4)n3)ccc2Cl)cccc1Nc1ncnc(N2CCC(c3cccc(-c4ccccc4)c3)CC2)n1. The molecule has 2 fully saturated rings. The van der Waals surface area contributed by atoms with Crippen molar-refractivity contribution in [2.24, 2.45) is 0 Å². The van der Waals surface area contributed by atoms with Gasteiger partial charge in [0, 0.05) is 73.9 Å². The molecule has 4 N–H and O–H groups in total. The van der Waals surface area contributed by atoms with E-state index in [1.165, 1.54) is 29.3 Å². The van der Waals surface area contributed by atoms with E-state index in [4.69, 9.17) is 32.9 Å². The number of hydrogen-bond donors (Lipinski definition) is 4. The van der Waals surface area contributed by atoms with Gasteiger partial charge in [-0.15, -0.1) is 0 Å². The first-order valence-electron chi connectivity index (χ1n) is 22.7. The van der Waals surface area contributed by atoms with E-state index in [9.17, 15) is 9.59 Å². The molecule has 2 saturated heterocycles. The molecule has 9 rings (SSSR count). The van der Waals surface area contributed by atoms with Crippen molar-refractivity contribution < 1.29 is 14.3 Å². The highest BCUT2D eigenvalue weighted by Gasteiger charge is 2.25. The standard InChI is InChI=1S/C51H50Cl2N12O3/c1-33-43(11-6-12-44(33)61-49-55-32-57-51(63-49)64-25-21-35(22-26-64)37-10-5-9-36(29-37)34-7-3-2-4-8-34)59-46(66)19-20-47(67)60-45-30-39(15-18-42(45)53)58-48-54-31-56-50(62-48)65-27-23-41(24-28-65)68-40-16-13-38(52)14-17-40/h2-18,29-32,35,41H,19-28H2,1H3,(H,59,66)(H,60,67)(H,54,56,58,62)(H,55,57,61,63). The summed E-state index contributed by atoms with van der Waals surface area (Å²) in [4.78, 5) is 57.5. The Labute approximate surface area is 404 Å². The second kappa shape index (κ2) is 21.5. The number of carbonyl (C=O) groups excluding carboxylic acids is 2. The molecule has 7 aromatic rings. The van der Waals surface area contributed by atoms with Crippen molar-refractivity contribution in [2.45, 2.75) is 57.5 Å². The van der Waals surface area contributed by atoms with Gasteiger partial charge >= 0.3 is 0 Å². The van der Waals surface area contributed by atoms with Crippen molar-refractivity contribution in [3.63, 3.8) is 0 Å². The predicted molar refractivity (Wildman–Crippen MR) is 269 cm³/mol. The van der Waals surface area contributed by atoms with Crippen LogP contribution in [0.25, 0.3) is 11.1 Å². The van der Waals surface area contributed by atoms with Crippen LogP contribution >= 0.6 is 23.2 Å². The number of ether oxygens (including phenoxy) is 1. The van der Waals surface area contributed by atoms with Crippen LogP contribution in [-0.2, 0) is 9.59 Å². The molecule has 0 spiro atoms. The minimum atomic E-state index is -0.371. The van der Waals surface area contributed by atoms with Gasteiger partial charge in [-0.05, 0) is 103 Å². The molecular weight excluding hydrogens is 900 g/mol. The molecule has 0 aliphatic carbocycles. The van der Waals surface area contributed by atoms with Gasteiger partial charge in [0.2, 0.25) is 35.6 Å². The number of rotatable bonds is 15. The fraction of sp³-hybridized carbons (Fsp3) is 0.255. The Morgan fingerprint density at radius 2 is 1.22 bits per heavy atom. The average Bonchev–Trinajstić information content (AvgIpc) is 3.37. The second-order valence-corrected chi connectivity index (χ2v) is 17.6. The quantitative estimate of drug-likeness (QED) is 0.0765. The number of anilines is 8.